The molecule has 0 radical (unpaired) electrons. The quantitative estimate of drug-likeness (QED) is 0.684. The van der Waals surface area contributed by atoms with Gasteiger partial charge in [-0.05, 0) is 0 Å². The summed E-state index contributed by atoms with van der Waals surface area (Å²) in [6.45, 7) is 3.77. The van der Waals surface area contributed by atoms with E-state index in [1.54, 1.807) is 18.7 Å². The number of nitrogens with zero attached hydrogens (tertiary/aromatic N) is 4. The zero-order valence-corrected chi connectivity index (χ0v) is 12.5. The van der Waals surface area contributed by atoms with Gasteiger partial charge in [0, 0.05) is 26.2 Å². The van der Waals surface area contributed by atoms with E-state index in [-0.39, 0.29) is 12.1 Å². The normalized spacial score (nSPS) is 11.0. The smallest absolute Gasteiger partial charge is 0.321 e. The fraction of sp³-hybridized carbons (Fsp3) is 0.188. The molecule has 0 atom stereocenters. The Morgan fingerprint density at radius 3 is 2.45 bits per heavy atom. The van der Waals surface area contributed by atoms with E-state index in [4.69, 9.17) is 0 Å². The third kappa shape index (κ3) is 1.92. The molecular weight excluding hydrogens is 280 g/mol. The van der Waals surface area contributed by atoms with E-state index in [1.807, 2.05) is 30.3 Å². The Balaban J connectivity index is 2.43. The van der Waals surface area contributed by atoms with Crippen molar-refractivity contribution >= 4 is 11.2 Å². The summed E-state index contributed by atoms with van der Waals surface area (Å²) in [7, 11) is 3.40. The van der Waals surface area contributed by atoms with Crippen LogP contribution in [0, 0.1) is 0 Å². The molecule has 112 valence electrons. The maximum absolute atomic E-state index is 12.6. The van der Waals surface area contributed by atoms with Crippen LogP contribution in [-0.4, -0.2) is 18.7 Å². The fourth-order valence-electron chi connectivity index (χ4n) is 2.58. The summed E-state index contributed by atoms with van der Waals surface area (Å²) in [6, 6.07) is 9.57. The Labute approximate surface area is 126 Å². The van der Waals surface area contributed by atoms with Crippen molar-refractivity contribution in [2.45, 2.75) is 6.54 Å². The van der Waals surface area contributed by atoms with Gasteiger partial charge in [-0.3, -0.25) is 13.9 Å². The van der Waals surface area contributed by atoms with Crippen LogP contribution in [0.1, 0.15) is 0 Å². The van der Waals surface area contributed by atoms with Gasteiger partial charge in [0.1, 0.15) is 5.82 Å². The zero-order chi connectivity index (χ0) is 15.9. The van der Waals surface area contributed by atoms with Gasteiger partial charge in [0.15, 0.2) is 11.2 Å². The Morgan fingerprint density at radius 1 is 1.14 bits per heavy atom. The van der Waals surface area contributed by atoms with E-state index in [9.17, 15) is 9.59 Å². The number of aromatic nitrogens is 4. The summed E-state index contributed by atoms with van der Waals surface area (Å²) in [4.78, 5) is 29.4. The first-order chi connectivity index (χ1) is 10.6. The second-order valence-corrected chi connectivity index (χ2v) is 5.08. The van der Waals surface area contributed by atoms with Crippen molar-refractivity contribution in [2.75, 3.05) is 0 Å². The van der Waals surface area contributed by atoms with Crippen LogP contribution in [0.25, 0.3) is 22.6 Å². The first-order valence-electron chi connectivity index (χ1n) is 6.88. The molecule has 0 aliphatic carbocycles. The van der Waals surface area contributed by atoms with Gasteiger partial charge >= 0.3 is 5.69 Å². The van der Waals surface area contributed by atoms with Gasteiger partial charge in [0.2, 0.25) is 0 Å². The molecule has 2 aromatic heterocycles. The molecule has 0 bridgehead atoms. The third-order valence-corrected chi connectivity index (χ3v) is 3.70. The van der Waals surface area contributed by atoms with Crippen LogP contribution in [0.15, 0.2) is 52.6 Å². The minimum Gasteiger partial charge on any atom is -0.321 e. The van der Waals surface area contributed by atoms with Crippen molar-refractivity contribution in [3.05, 3.63) is 63.8 Å². The van der Waals surface area contributed by atoms with Crippen LogP contribution in [0.3, 0.4) is 0 Å². The van der Waals surface area contributed by atoms with Crippen molar-refractivity contribution in [1.29, 1.82) is 0 Å². The molecule has 0 aliphatic heterocycles. The van der Waals surface area contributed by atoms with Crippen molar-refractivity contribution in [1.82, 2.24) is 18.7 Å². The second-order valence-electron chi connectivity index (χ2n) is 5.08. The monoisotopic (exact) mass is 296 g/mol. The highest BCUT2D eigenvalue weighted by Crippen LogP contribution is 2.20. The molecule has 1 aromatic carbocycles. The van der Waals surface area contributed by atoms with E-state index in [1.165, 1.54) is 10.6 Å². The average Bonchev–Trinajstić information content (AvgIpc) is 2.88. The highest BCUT2D eigenvalue weighted by molar-refractivity contribution is 5.76. The molecule has 0 spiro atoms. The van der Waals surface area contributed by atoms with Crippen molar-refractivity contribution in [2.24, 2.45) is 14.1 Å². The van der Waals surface area contributed by atoms with Crippen LogP contribution < -0.4 is 11.2 Å². The first-order valence-corrected chi connectivity index (χ1v) is 6.88. The Morgan fingerprint density at radius 2 is 1.82 bits per heavy atom. The molecular formula is C16H16N4O2. The molecule has 0 saturated heterocycles. The van der Waals surface area contributed by atoms with Gasteiger partial charge in [0.25, 0.3) is 5.56 Å². The molecule has 0 amide bonds. The number of rotatable bonds is 3. The molecule has 3 aromatic rings. The summed E-state index contributed by atoms with van der Waals surface area (Å²) in [5.41, 5.74) is 0.938. The highest BCUT2D eigenvalue weighted by Gasteiger charge is 2.18. The Bertz CT molecular complexity index is 977. The number of aryl methyl sites for hydroxylation is 2. The maximum atomic E-state index is 12.6. The topological polar surface area (TPSA) is 61.8 Å². The minimum absolute atomic E-state index is 0.174. The van der Waals surface area contributed by atoms with Crippen LogP contribution in [0.4, 0.5) is 0 Å². The first kappa shape index (κ1) is 14.1. The summed E-state index contributed by atoms with van der Waals surface area (Å²) in [6.07, 6.45) is 1.53. The predicted octanol–water partition coefficient (Wildman–Crippen LogP) is 1.29. The number of allylic oxidation sites excluding steroid dienone is 1. The van der Waals surface area contributed by atoms with E-state index < -0.39 is 5.69 Å². The third-order valence-electron chi connectivity index (χ3n) is 3.70. The van der Waals surface area contributed by atoms with Gasteiger partial charge in [0.05, 0.1) is 0 Å². The molecule has 2 heterocycles. The number of hydrogen-bond donors (Lipinski definition) is 0. The predicted molar refractivity (Wildman–Crippen MR) is 85.8 cm³/mol. The van der Waals surface area contributed by atoms with Crippen LogP contribution in [-0.2, 0) is 20.6 Å². The Hall–Kier alpha value is -2.89. The standard InChI is InChI=1S/C16H16N4O2/c1-4-10-20-15(21)12-14(19(3)16(20)22)17-13(18(12)2)11-8-6-5-7-9-11/h4-9H,1,10H2,2-3H3. The van der Waals surface area contributed by atoms with E-state index in [0.717, 1.165) is 10.1 Å². The lowest BCUT2D eigenvalue weighted by Gasteiger charge is -2.06. The molecule has 22 heavy (non-hydrogen) atoms. The highest BCUT2D eigenvalue weighted by atomic mass is 16.2. The zero-order valence-electron chi connectivity index (χ0n) is 12.5. The number of imidazole rings is 1. The molecule has 0 saturated carbocycles. The summed E-state index contributed by atoms with van der Waals surface area (Å²) in [5, 5.41) is 0. The number of hydrogen-bond acceptors (Lipinski definition) is 3. The molecule has 0 unspecified atom stereocenters. The van der Waals surface area contributed by atoms with E-state index in [0.29, 0.717) is 17.0 Å². The molecule has 0 fully saturated rings. The average molecular weight is 296 g/mol. The number of fused-ring (bicyclic) bond motifs is 1. The van der Waals surface area contributed by atoms with Gasteiger partial charge in [-0.25, -0.2) is 9.78 Å². The van der Waals surface area contributed by atoms with E-state index >= 15 is 0 Å². The Kier molecular flexibility index (Phi) is 3.29. The molecule has 3 rings (SSSR count). The maximum Gasteiger partial charge on any atom is 0.332 e. The van der Waals surface area contributed by atoms with Crippen LogP contribution >= 0.6 is 0 Å². The summed E-state index contributed by atoms with van der Waals surface area (Å²) in [5.74, 6) is 0.652. The second kappa shape index (κ2) is 5.14. The molecule has 6 heteroatoms. The van der Waals surface area contributed by atoms with Crippen molar-refractivity contribution in [3.63, 3.8) is 0 Å². The van der Waals surface area contributed by atoms with Crippen molar-refractivity contribution in [3.8, 4) is 11.4 Å². The molecule has 0 aliphatic rings. The SMILES string of the molecule is C=CCn1c(=O)c2c(nc(-c3ccccc3)n2C)n(C)c1=O. The number of benzene rings is 1. The summed E-state index contributed by atoms with van der Waals surface area (Å²) < 4.78 is 4.28. The van der Waals surface area contributed by atoms with Gasteiger partial charge in [-0.2, -0.15) is 0 Å². The van der Waals surface area contributed by atoms with Gasteiger partial charge in [-0.15, -0.1) is 6.58 Å². The molecule has 0 N–H and O–H groups in total. The van der Waals surface area contributed by atoms with E-state index in [2.05, 4.69) is 11.6 Å². The summed E-state index contributed by atoms with van der Waals surface area (Å²) >= 11 is 0. The fourth-order valence-corrected chi connectivity index (χ4v) is 2.58. The van der Waals surface area contributed by atoms with Crippen molar-refractivity contribution < 1.29 is 0 Å². The van der Waals surface area contributed by atoms with Gasteiger partial charge < -0.3 is 4.57 Å². The molecule has 6 nitrogen and oxygen atoms in total. The largest absolute Gasteiger partial charge is 0.332 e. The van der Waals surface area contributed by atoms with Crippen LogP contribution in [0.5, 0.6) is 0 Å². The lowest BCUT2D eigenvalue weighted by molar-refractivity contribution is 0.665. The lowest BCUT2D eigenvalue weighted by atomic mass is 10.2. The lowest BCUT2D eigenvalue weighted by Crippen LogP contribution is -2.39. The van der Waals surface area contributed by atoms with Gasteiger partial charge in [-0.1, -0.05) is 36.4 Å². The minimum atomic E-state index is -0.393. The van der Waals surface area contributed by atoms with Crippen LogP contribution in [0.2, 0.25) is 0 Å².